The molecule has 2 aromatic rings. The van der Waals surface area contributed by atoms with E-state index in [1.165, 1.54) is 37.4 Å². The lowest BCUT2D eigenvalue weighted by Gasteiger charge is -2.15. The molecule has 0 bridgehead atoms. The van der Waals surface area contributed by atoms with Gasteiger partial charge in [-0.25, -0.2) is 0 Å². The van der Waals surface area contributed by atoms with Crippen molar-refractivity contribution < 1.29 is 9.21 Å². The Bertz CT molecular complexity index is 684. The van der Waals surface area contributed by atoms with Gasteiger partial charge >= 0.3 is 0 Å². The number of hydrogen-bond donors (Lipinski definition) is 1. The maximum absolute atomic E-state index is 12.1. The van der Waals surface area contributed by atoms with Crippen molar-refractivity contribution >= 4 is 29.3 Å². The first-order valence-electron chi connectivity index (χ1n) is 8.22. The van der Waals surface area contributed by atoms with Gasteiger partial charge in [-0.2, -0.15) is 0 Å². The molecule has 5 nitrogen and oxygen atoms in total. The zero-order valence-electron chi connectivity index (χ0n) is 13.3. The van der Waals surface area contributed by atoms with Crippen molar-refractivity contribution in [2.24, 2.45) is 0 Å². The van der Waals surface area contributed by atoms with Gasteiger partial charge < -0.3 is 9.73 Å². The maximum Gasteiger partial charge on any atom is 0.277 e. The van der Waals surface area contributed by atoms with E-state index in [1.807, 2.05) is 12.1 Å². The highest BCUT2D eigenvalue weighted by Gasteiger charge is 2.16. The molecule has 1 fully saturated rings. The molecule has 0 saturated heterocycles. The Hall–Kier alpha value is -1.53. The number of aromatic nitrogens is 2. The van der Waals surface area contributed by atoms with Crippen LogP contribution in [0.15, 0.2) is 33.9 Å². The fraction of sp³-hybridized carbons (Fsp3) is 0.471. The lowest BCUT2D eigenvalue weighted by molar-refractivity contribution is -0.119. The zero-order valence-corrected chi connectivity index (χ0v) is 14.9. The van der Waals surface area contributed by atoms with Crippen LogP contribution in [0.25, 0.3) is 11.5 Å². The molecule has 1 aliphatic carbocycles. The van der Waals surface area contributed by atoms with Gasteiger partial charge in [0.25, 0.3) is 5.22 Å². The molecule has 1 amide bonds. The normalized spacial score (nSPS) is 15.9. The molecule has 1 heterocycles. The average Bonchev–Trinajstić information content (AvgIpc) is 2.91. The maximum atomic E-state index is 12.1. The number of carbonyl (C=O) groups is 1. The molecule has 7 heteroatoms. The summed E-state index contributed by atoms with van der Waals surface area (Å²) < 4.78 is 5.59. The minimum absolute atomic E-state index is 0.0226. The number of nitrogens with zero attached hydrogens (tertiary/aromatic N) is 2. The van der Waals surface area contributed by atoms with Crippen molar-refractivity contribution in [1.82, 2.24) is 15.5 Å². The standard InChI is InChI=1S/C17H20ClN3O2S/c18-13-7-5-6-12(10-13)16-20-21-17(23-16)24-11-15(22)19-14-8-3-1-2-4-9-14/h5-7,10,14H,1-4,8-9,11H2,(H,19,22). The fourth-order valence-corrected chi connectivity index (χ4v) is 3.59. The van der Waals surface area contributed by atoms with Crippen LogP contribution in [0.5, 0.6) is 0 Å². The van der Waals surface area contributed by atoms with E-state index < -0.39 is 0 Å². The van der Waals surface area contributed by atoms with Crippen LogP contribution in [0, 0.1) is 0 Å². The third-order valence-corrected chi connectivity index (χ3v) is 5.08. The van der Waals surface area contributed by atoms with Gasteiger partial charge in [-0.3, -0.25) is 4.79 Å². The van der Waals surface area contributed by atoms with E-state index in [4.69, 9.17) is 16.0 Å². The van der Waals surface area contributed by atoms with Crippen molar-refractivity contribution in [3.05, 3.63) is 29.3 Å². The van der Waals surface area contributed by atoms with E-state index in [0.29, 0.717) is 22.2 Å². The third-order valence-electron chi connectivity index (χ3n) is 4.03. The molecule has 0 atom stereocenters. The van der Waals surface area contributed by atoms with Gasteiger partial charge in [0.2, 0.25) is 11.8 Å². The molecule has 0 aliphatic heterocycles. The topological polar surface area (TPSA) is 68.0 Å². The number of rotatable bonds is 5. The van der Waals surface area contributed by atoms with Crippen LogP contribution in [0.1, 0.15) is 38.5 Å². The van der Waals surface area contributed by atoms with Crippen LogP contribution in [0.2, 0.25) is 5.02 Å². The van der Waals surface area contributed by atoms with Gasteiger partial charge in [0.05, 0.1) is 5.75 Å². The molecule has 1 aromatic carbocycles. The summed E-state index contributed by atoms with van der Waals surface area (Å²) in [4.78, 5) is 12.1. The Labute approximate surface area is 150 Å². The van der Waals surface area contributed by atoms with Crippen molar-refractivity contribution in [3.8, 4) is 11.5 Å². The first-order valence-corrected chi connectivity index (χ1v) is 9.59. The summed E-state index contributed by atoms with van der Waals surface area (Å²) in [7, 11) is 0. The quantitative estimate of drug-likeness (QED) is 0.631. The largest absolute Gasteiger partial charge is 0.411 e. The Balaban J connectivity index is 1.50. The third kappa shape index (κ3) is 4.98. The summed E-state index contributed by atoms with van der Waals surface area (Å²) in [6, 6.07) is 7.55. The predicted octanol–water partition coefficient (Wildman–Crippen LogP) is 4.32. The Morgan fingerprint density at radius 1 is 1.25 bits per heavy atom. The van der Waals surface area contributed by atoms with Gasteiger partial charge in [-0.15, -0.1) is 10.2 Å². The molecule has 128 valence electrons. The van der Waals surface area contributed by atoms with E-state index in [9.17, 15) is 4.79 Å². The van der Waals surface area contributed by atoms with Crippen molar-refractivity contribution in [1.29, 1.82) is 0 Å². The first kappa shape index (κ1) is 17.3. The second-order valence-electron chi connectivity index (χ2n) is 5.93. The average molecular weight is 366 g/mol. The van der Waals surface area contributed by atoms with Crippen LogP contribution in [0.4, 0.5) is 0 Å². The van der Waals surface area contributed by atoms with Gasteiger partial charge in [0, 0.05) is 16.6 Å². The Morgan fingerprint density at radius 3 is 2.79 bits per heavy atom. The second-order valence-corrected chi connectivity index (χ2v) is 7.29. The number of nitrogens with one attached hydrogen (secondary N) is 1. The van der Waals surface area contributed by atoms with Crippen LogP contribution in [-0.2, 0) is 4.79 Å². The van der Waals surface area contributed by atoms with E-state index >= 15 is 0 Å². The molecule has 1 aliphatic rings. The van der Waals surface area contributed by atoms with Gasteiger partial charge in [-0.1, -0.05) is 55.1 Å². The summed E-state index contributed by atoms with van der Waals surface area (Å²) in [6.07, 6.45) is 7.10. The van der Waals surface area contributed by atoms with Crippen molar-refractivity contribution in [2.75, 3.05) is 5.75 Å². The lowest BCUT2D eigenvalue weighted by Crippen LogP contribution is -2.35. The number of amides is 1. The number of halogens is 1. The molecular weight excluding hydrogens is 346 g/mol. The molecule has 1 saturated carbocycles. The van der Waals surface area contributed by atoms with E-state index in [1.54, 1.807) is 12.1 Å². The summed E-state index contributed by atoms with van der Waals surface area (Å²) in [5.74, 6) is 0.715. The van der Waals surface area contributed by atoms with Crippen molar-refractivity contribution in [3.63, 3.8) is 0 Å². The van der Waals surface area contributed by atoms with E-state index in [0.717, 1.165) is 18.4 Å². The van der Waals surface area contributed by atoms with Crippen LogP contribution in [-0.4, -0.2) is 27.9 Å². The Kier molecular flexibility index (Phi) is 6.15. The number of thioether (sulfide) groups is 1. The molecule has 24 heavy (non-hydrogen) atoms. The summed E-state index contributed by atoms with van der Waals surface area (Å²) in [5.41, 5.74) is 0.768. The Morgan fingerprint density at radius 2 is 2.04 bits per heavy atom. The van der Waals surface area contributed by atoms with Crippen molar-refractivity contribution in [2.45, 2.75) is 49.8 Å². The highest BCUT2D eigenvalue weighted by atomic mass is 35.5. The number of hydrogen-bond acceptors (Lipinski definition) is 5. The number of benzene rings is 1. The van der Waals surface area contributed by atoms with Gasteiger partial charge in [-0.05, 0) is 31.0 Å². The smallest absolute Gasteiger partial charge is 0.277 e. The van der Waals surface area contributed by atoms with Gasteiger partial charge in [0.15, 0.2) is 0 Å². The highest BCUT2D eigenvalue weighted by molar-refractivity contribution is 7.99. The van der Waals surface area contributed by atoms with E-state index in [-0.39, 0.29) is 11.7 Å². The minimum atomic E-state index is 0.0226. The zero-order chi connectivity index (χ0) is 16.8. The molecule has 0 radical (unpaired) electrons. The molecular formula is C17H20ClN3O2S. The lowest BCUT2D eigenvalue weighted by atomic mass is 10.1. The predicted molar refractivity (Wildman–Crippen MR) is 95.1 cm³/mol. The van der Waals surface area contributed by atoms with Crippen LogP contribution in [0.3, 0.4) is 0 Å². The second kappa shape index (κ2) is 8.53. The molecule has 1 N–H and O–H groups in total. The SMILES string of the molecule is O=C(CSc1nnc(-c2cccc(Cl)c2)o1)NC1CCCCCC1. The van der Waals surface area contributed by atoms with Crippen LogP contribution >= 0.6 is 23.4 Å². The van der Waals surface area contributed by atoms with Crippen LogP contribution < -0.4 is 5.32 Å². The molecule has 0 unspecified atom stereocenters. The van der Waals surface area contributed by atoms with Gasteiger partial charge in [0.1, 0.15) is 0 Å². The summed E-state index contributed by atoms with van der Waals surface area (Å²) >= 11 is 7.22. The molecule has 3 rings (SSSR count). The minimum Gasteiger partial charge on any atom is -0.411 e. The monoisotopic (exact) mass is 365 g/mol. The molecule has 0 spiro atoms. The molecule has 1 aromatic heterocycles. The fourth-order valence-electron chi connectivity index (χ4n) is 2.83. The van der Waals surface area contributed by atoms with E-state index in [2.05, 4.69) is 15.5 Å². The first-order chi connectivity index (χ1) is 11.7. The summed E-state index contributed by atoms with van der Waals surface area (Å²) in [5, 5.41) is 12.1. The highest BCUT2D eigenvalue weighted by Crippen LogP contribution is 2.25. The number of carbonyl (C=O) groups excluding carboxylic acids is 1. The summed E-state index contributed by atoms with van der Waals surface area (Å²) in [6.45, 7) is 0.